The van der Waals surface area contributed by atoms with Crippen LogP contribution in [0.3, 0.4) is 0 Å². The molecular weight excluding hydrogens is 452 g/mol. The molecule has 0 saturated heterocycles. The van der Waals surface area contributed by atoms with E-state index in [1.807, 2.05) is 0 Å². The minimum Gasteiger partial charge on any atom is -0.477 e. The van der Waals surface area contributed by atoms with Gasteiger partial charge in [0.25, 0.3) is 5.56 Å². The second-order valence-electron chi connectivity index (χ2n) is 6.29. The van der Waals surface area contributed by atoms with E-state index in [2.05, 4.69) is 11.8 Å². The molecule has 0 saturated carbocycles. The number of pyridine rings is 1. The fourth-order valence-corrected chi connectivity index (χ4v) is 3.70. The maximum Gasteiger partial charge on any atom is 0.342 e. The van der Waals surface area contributed by atoms with Gasteiger partial charge in [-0.2, -0.15) is 0 Å². The molecule has 3 rings (SSSR count). The average Bonchev–Trinajstić information content (AvgIpc) is 2.65. The van der Waals surface area contributed by atoms with Gasteiger partial charge < -0.3 is 5.11 Å². The Labute approximate surface area is 186 Å². The number of halogens is 4. The summed E-state index contributed by atoms with van der Waals surface area (Å²) in [4.78, 5) is 25.4. The van der Waals surface area contributed by atoms with Crippen molar-refractivity contribution < 1.29 is 14.3 Å². The largest absolute Gasteiger partial charge is 0.477 e. The molecule has 1 heterocycles. The van der Waals surface area contributed by atoms with Crippen molar-refractivity contribution in [3.8, 4) is 28.7 Å². The van der Waals surface area contributed by atoms with Crippen LogP contribution in [0.25, 0.3) is 16.8 Å². The van der Waals surface area contributed by atoms with Gasteiger partial charge in [-0.1, -0.05) is 46.8 Å². The van der Waals surface area contributed by atoms with Crippen molar-refractivity contribution in [1.29, 1.82) is 0 Å². The van der Waals surface area contributed by atoms with E-state index in [0.29, 0.717) is 11.3 Å². The summed E-state index contributed by atoms with van der Waals surface area (Å²) < 4.78 is 15.0. The zero-order valence-corrected chi connectivity index (χ0v) is 18.0. The third kappa shape index (κ3) is 3.95. The maximum atomic E-state index is 13.9. The number of hydrogen-bond acceptors (Lipinski definition) is 2. The molecule has 2 aromatic carbocycles. The lowest BCUT2D eigenvalue weighted by atomic mass is 9.94. The quantitative estimate of drug-likeness (QED) is 0.485. The van der Waals surface area contributed by atoms with Crippen LogP contribution in [0, 0.1) is 24.6 Å². The molecule has 0 atom stereocenters. The van der Waals surface area contributed by atoms with Gasteiger partial charge >= 0.3 is 5.97 Å². The predicted molar refractivity (Wildman–Crippen MR) is 117 cm³/mol. The molecule has 0 aliphatic heterocycles. The number of aromatic nitrogens is 1. The molecule has 0 aliphatic rings. The Morgan fingerprint density at radius 2 is 1.80 bits per heavy atom. The first-order valence-electron chi connectivity index (χ1n) is 8.53. The van der Waals surface area contributed by atoms with Crippen molar-refractivity contribution in [2.45, 2.75) is 13.8 Å². The molecule has 1 N–H and O–H groups in total. The van der Waals surface area contributed by atoms with Gasteiger partial charge in [-0.05, 0) is 49.7 Å². The molecule has 0 amide bonds. The number of carboxylic acids is 1. The lowest BCUT2D eigenvalue weighted by Gasteiger charge is -2.18. The normalized spacial score (nSPS) is 10.5. The highest BCUT2D eigenvalue weighted by Gasteiger charge is 2.26. The van der Waals surface area contributed by atoms with Gasteiger partial charge in [-0.15, -0.1) is 5.92 Å². The zero-order chi connectivity index (χ0) is 22.2. The summed E-state index contributed by atoms with van der Waals surface area (Å²) in [5.41, 5.74) is -0.220. The van der Waals surface area contributed by atoms with Crippen molar-refractivity contribution >= 4 is 40.8 Å². The van der Waals surface area contributed by atoms with Crippen LogP contribution < -0.4 is 5.56 Å². The van der Waals surface area contributed by atoms with Crippen LogP contribution in [-0.4, -0.2) is 15.6 Å². The van der Waals surface area contributed by atoms with Crippen LogP contribution in [0.4, 0.5) is 4.39 Å². The summed E-state index contributed by atoms with van der Waals surface area (Å²) >= 11 is 18.0. The summed E-state index contributed by atoms with van der Waals surface area (Å²) in [6, 6.07) is 8.07. The number of benzene rings is 2. The number of nitrogens with zero attached hydrogens (tertiary/aromatic N) is 1. The Morgan fingerprint density at radius 1 is 1.10 bits per heavy atom. The van der Waals surface area contributed by atoms with Gasteiger partial charge in [0.1, 0.15) is 11.4 Å². The van der Waals surface area contributed by atoms with Crippen LogP contribution in [-0.2, 0) is 0 Å². The summed E-state index contributed by atoms with van der Waals surface area (Å²) in [6.45, 7) is 3.17. The fraction of sp³-hybridized carbons (Fsp3) is 0.0909. The molecule has 152 valence electrons. The van der Waals surface area contributed by atoms with Gasteiger partial charge in [-0.3, -0.25) is 9.36 Å². The Bertz CT molecular complexity index is 1300. The molecule has 0 radical (unpaired) electrons. The SMILES string of the molecule is CC#Cc1c(-c2ccc(Cl)c(Cl)c2)c(C(=O)O)c(=O)n(-c2cc(F)cc(Cl)c2)c1C. The van der Waals surface area contributed by atoms with E-state index in [0.717, 1.165) is 16.7 Å². The Hall–Kier alpha value is -2.78. The minimum absolute atomic E-state index is 0.0601. The molecular formula is C22H13Cl3FNO3. The molecule has 3 aromatic rings. The Balaban J connectivity index is 2.53. The molecule has 0 aliphatic carbocycles. The maximum absolute atomic E-state index is 13.9. The number of rotatable bonds is 3. The molecule has 4 nitrogen and oxygen atoms in total. The van der Waals surface area contributed by atoms with Crippen molar-refractivity contribution in [1.82, 2.24) is 4.57 Å². The number of carboxylic acid groups (broad SMARTS) is 1. The van der Waals surface area contributed by atoms with E-state index in [4.69, 9.17) is 34.8 Å². The highest BCUT2D eigenvalue weighted by Crippen LogP contribution is 2.33. The molecule has 30 heavy (non-hydrogen) atoms. The molecule has 1 aromatic heterocycles. The van der Waals surface area contributed by atoms with Crippen LogP contribution in [0.15, 0.2) is 41.2 Å². The van der Waals surface area contributed by atoms with Crippen LogP contribution in [0.1, 0.15) is 28.5 Å². The number of aromatic carboxylic acids is 1. The second kappa shape index (κ2) is 8.53. The average molecular weight is 465 g/mol. The lowest BCUT2D eigenvalue weighted by Crippen LogP contribution is -2.29. The second-order valence-corrected chi connectivity index (χ2v) is 7.54. The summed E-state index contributed by atoms with van der Waals surface area (Å²) in [5.74, 6) is 3.46. The van der Waals surface area contributed by atoms with Gasteiger partial charge in [-0.25, -0.2) is 9.18 Å². The van der Waals surface area contributed by atoms with Crippen molar-refractivity contribution in [2.24, 2.45) is 0 Å². The van der Waals surface area contributed by atoms with Crippen molar-refractivity contribution in [2.75, 3.05) is 0 Å². The smallest absolute Gasteiger partial charge is 0.342 e. The molecule has 0 unspecified atom stereocenters. The minimum atomic E-state index is -1.46. The van der Waals surface area contributed by atoms with Gasteiger partial charge in [0, 0.05) is 16.3 Å². The lowest BCUT2D eigenvalue weighted by molar-refractivity contribution is 0.0695. The number of hydrogen-bond donors (Lipinski definition) is 1. The van der Waals surface area contributed by atoms with Gasteiger partial charge in [0.2, 0.25) is 0 Å². The topological polar surface area (TPSA) is 59.3 Å². The van der Waals surface area contributed by atoms with Crippen LogP contribution in [0.2, 0.25) is 15.1 Å². The first-order valence-corrected chi connectivity index (χ1v) is 9.66. The summed E-state index contributed by atoms with van der Waals surface area (Å²) in [6.07, 6.45) is 0. The summed E-state index contributed by atoms with van der Waals surface area (Å²) in [7, 11) is 0. The van der Waals surface area contributed by atoms with Crippen molar-refractivity contribution in [3.05, 3.63) is 84.5 Å². The van der Waals surface area contributed by atoms with Gasteiger partial charge in [0.15, 0.2) is 0 Å². The van der Waals surface area contributed by atoms with Gasteiger partial charge in [0.05, 0.1) is 21.3 Å². The standard InChI is InChI=1S/C22H13Cl3FNO3/c1-3-4-16-11(2)27(15-9-13(23)8-14(26)10-15)21(28)20(22(29)30)19(16)12-5-6-17(24)18(25)7-12/h5-10H,1-2H3,(H,29,30). The zero-order valence-electron chi connectivity index (χ0n) is 15.7. The molecule has 0 spiro atoms. The molecule has 0 fully saturated rings. The first-order chi connectivity index (χ1) is 14.1. The first kappa shape index (κ1) is 21.9. The van der Waals surface area contributed by atoms with E-state index in [9.17, 15) is 19.1 Å². The van der Waals surface area contributed by atoms with E-state index >= 15 is 0 Å². The Kier molecular flexibility index (Phi) is 6.23. The molecule has 0 bridgehead atoms. The monoisotopic (exact) mass is 463 g/mol. The van der Waals surface area contributed by atoms with E-state index < -0.39 is 22.9 Å². The highest BCUT2D eigenvalue weighted by atomic mass is 35.5. The van der Waals surface area contributed by atoms with Crippen LogP contribution in [0.5, 0.6) is 0 Å². The third-order valence-electron chi connectivity index (χ3n) is 4.39. The summed E-state index contributed by atoms with van der Waals surface area (Å²) in [5, 5.41) is 10.4. The highest BCUT2D eigenvalue weighted by molar-refractivity contribution is 6.42. The molecule has 8 heteroatoms. The Morgan fingerprint density at radius 3 is 2.37 bits per heavy atom. The third-order valence-corrected chi connectivity index (χ3v) is 5.35. The van der Waals surface area contributed by atoms with E-state index in [1.165, 1.54) is 18.2 Å². The van der Waals surface area contributed by atoms with Crippen LogP contribution >= 0.6 is 34.8 Å². The predicted octanol–water partition coefficient (Wildman–Crippen LogP) is 5.98. The number of carbonyl (C=O) groups is 1. The fourth-order valence-electron chi connectivity index (χ4n) is 3.18. The van der Waals surface area contributed by atoms with E-state index in [-0.39, 0.29) is 31.9 Å². The van der Waals surface area contributed by atoms with Crippen molar-refractivity contribution in [3.63, 3.8) is 0 Å². The van der Waals surface area contributed by atoms with E-state index in [1.54, 1.807) is 19.9 Å².